The number of H-pyrrole nitrogens is 1. The van der Waals surface area contributed by atoms with Gasteiger partial charge in [0.2, 0.25) is 5.91 Å². The van der Waals surface area contributed by atoms with E-state index in [0.717, 1.165) is 0 Å². The van der Waals surface area contributed by atoms with Gasteiger partial charge in [0.25, 0.3) is 5.91 Å². The Morgan fingerprint density at radius 3 is 2.22 bits per heavy atom. The highest BCUT2D eigenvalue weighted by Gasteiger charge is 2.28. The molecule has 3 heterocycles. The zero-order valence-corrected chi connectivity index (χ0v) is 27.7. The standard InChI is InChI=1S/C35H43F2N5O4/c1-21(2)32(43)42-12-8-9-22(20-42)25-18-26(27-19-29(33(44)39(6)7)38-31(27)30(25)37)24-11-10-23(17-28(24)36)40-13-15-41(16-14-40)34(45)46-35(3,4)5/h9-11,17-19,21,38H,8,12-16,20H2,1-7H3. The number of ether oxygens (including phenoxy) is 1. The molecule has 2 aliphatic heterocycles. The molecule has 1 aromatic heterocycles. The smallest absolute Gasteiger partial charge is 0.410 e. The molecule has 0 unspecified atom stereocenters. The number of carbonyl (C=O) groups excluding carboxylic acids is 3. The van der Waals surface area contributed by atoms with Gasteiger partial charge >= 0.3 is 6.09 Å². The topological polar surface area (TPSA) is 89.2 Å². The van der Waals surface area contributed by atoms with E-state index in [1.807, 2.05) is 51.7 Å². The summed E-state index contributed by atoms with van der Waals surface area (Å²) < 4.78 is 37.8. The molecular weight excluding hydrogens is 592 g/mol. The van der Waals surface area contributed by atoms with Crippen LogP contribution in [0.4, 0.5) is 19.3 Å². The van der Waals surface area contributed by atoms with Gasteiger partial charge in [-0.1, -0.05) is 19.9 Å². The third-order valence-electron chi connectivity index (χ3n) is 8.33. The SMILES string of the molecule is CC(C)C(=O)N1CCC=C(c2cc(-c3ccc(N4CCN(C(=O)OC(C)(C)C)CC4)cc3F)c3cc(C(=O)N(C)C)[nH]c3c2F)C1. The first-order chi connectivity index (χ1) is 21.6. The largest absolute Gasteiger partial charge is 0.444 e. The number of hydrogen-bond donors (Lipinski definition) is 1. The molecule has 9 nitrogen and oxygen atoms in total. The van der Waals surface area contributed by atoms with Gasteiger partial charge in [-0.2, -0.15) is 0 Å². The van der Waals surface area contributed by atoms with Gasteiger partial charge in [0.1, 0.15) is 17.1 Å². The van der Waals surface area contributed by atoms with Crippen molar-refractivity contribution in [3.8, 4) is 11.1 Å². The van der Waals surface area contributed by atoms with E-state index in [4.69, 9.17) is 4.74 Å². The average Bonchev–Trinajstić information content (AvgIpc) is 3.46. The maximum atomic E-state index is 16.3. The minimum atomic E-state index is -0.586. The van der Waals surface area contributed by atoms with E-state index in [9.17, 15) is 14.4 Å². The molecular formula is C35H43F2N5O4. The van der Waals surface area contributed by atoms with E-state index < -0.39 is 17.2 Å². The first-order valence-electron chi connectivity index (χ1n) is 15.7. The fourth-order valence-electron chi connectivity index (χ4n) is 5.96. The van der Waals surface area contributed by atoms with Crippen molar-refractivity contribution in [1.82, 2.24) is 19.7 Å². The first-order valence-corrected chi connectivity index (χ1v) is 15.7. The number of anilines is 1. The molecule has 11 heteroatoms. The Morgan fingerprint density at radius 1 is 0.913 bits per heavy atom. The lowest BCUT2D eigenvalue weighted by atomic mass is 9.92. The quantitative estimate of drug-likeness (QED) is 0.364. The maximum Gasteiger partial charge on any atom is 0.410 e. The number of fused-ring (bicyclic) bond motifs is 1. The molecule has 246 valence electrons. The fraction of sp³-hybridized carbons (Fsp3) is 0.457. The number of halogens is 2. The molecule has 1 saturated heterocycles. The third kappa shape index (κ3) is 6.73. The van der Waals surface area contributed by atoms with Crippen LogP contribution in [0, 0.1) is 17.6 Å². The maximum absolute atomic E-state index is 16.3. The molecule has 0 bridgehead atoms. The van der Waals surface area contributed by atoms with Crippen molar-refractivity contribution < 1.29 is 27.9 Å². The second kappa shape index (κ2) is 12.8. The van der Waals surface area contributed by atoms with Crippen molar-refractivity contribution in [2.24, 2.45) is 5.92 Å². The van der Waals surface area contributed by atoms with Crippen LogP contribution in [0.5, 0.6) is 0 Å². The summed E-state index contributed by atoms with van der Waals surface area (Å²) in [5.41, 5.74) is 1.96. The molecule has 1 fully saturated rings. The van der Waals surface area contributed by atoms with Gasteiger partial charge in [-0.3, -0.25) is 9.59 Å². The Labute approximate surface area is 268 Å². The van der Waals surface area contributed by atoms with Gasteiger partial charge in [-0.05, 0) is 68.7 Å². The Balaban J connectivity index is 1.50. The minimum Gasteiger partial charge on any atom is -0.444 e. The predicted octanol–water partition coefficient (Wildman–Crippen LogP) is 6.14. The van der Waals surface area contributed by atoms with Crippen molar-refractivity contribution in [2.45, 2.75) is 46.6 Å². The number of piperazine rings is 1. The number of rotatable bonds is 5. The van der Waals surface area contributed by atoms with E-state index >= 15 is 8.78 Å². The summed E-state index contributed by atoms with van der Waals surface area (Å²) in [5, 5.41) is 0.385. The lowest BCUT2D eigenvalue weighted by Gasteiger charge is -2.36. The molecule has 0 atom stereocenters. The summed E-state index contributed by atoms with van der Waals surface area (Å²) in [6, 6.07) is 8.13. The summed E-state index contributed by atoms with van der Waals surface area (Å²) >= 11 is 0. The van der Waals surface area contributed by atoms with Crippen LogP contribution in [0.25, 0.3) is 27.6 Å². The number of aromatic amines is 1. The molecule has 46 heavy (non-hydrogen) atoms. The first kappa shape index (κ1) is 33.0. The number of hydrogen-bond acceptors (Lipinski definition) is 5. The molecule has 0 radical (unpaired) electrons. The molecule has 0 aliphatic carbocycles. The van der Waals surface area contributed by atoms with Gasteiger partial charge < -0.3 is 29.3 Å². The van der Waals surface area contributed by atoms with E-state index in [0.29, 0.717) is 61.4 Å². The third-order valence-corrected chi connectivity index (χ3v) is 8.33. The Bertz CT molecular complexity index is 1700. The number of benzene rings is 2. The van der Waals surface area contributed by atoms with Crippen LogP contribution in [0.15, 0.2) is 36.4 Å². The van der Waals surface area contributed by atoms with Crippen LogP contribution in [-0.4, -0.2) is 96.6 Å². The molecule has 0 spiro atoms. The van der Waals surface area contributed by atoms with Crippen LogP contribution >= 0.6 is 0 Å². The highest BCUT2D eigenvalue weighted by atomic mass is 19.1. The van der Waals surface area contributed by atoms with Crippen molar-refractivity contribution in [3.05, 3.63) is 59.3 Å². The monoisotopic (exact) mass is 635 g/mol. The van der Waals surface area contributed by atoms with E-state index in [1.54, 1.807) is 42.1 Å². The lowest BCUT2D eigenvalue weighted by Crippen LogP contribution is -2.50. The average molecular weight is 636 g/mol. The second-order valence-electron chi connectivity index (χ2n) is 13.5. The molecule has 3 aromatic rings. The number of carbonyl (C=O) groups is 3. The van der Waals surface area contributed by atoms with Gasteiger partial charge in [-0.25, -0.2) is 13.6 Å². The van der Waals surface area contributed by atoms with Gasteiger partial charge in [0.15, 0.2) is 5.82 Å². The van der Waals surface area contributed by atoms with Crippen molar-refractivity contribution >= 4 is 40.1 Å². The highest BCUT2D eigenvalue weighted by molar-refractivity contribution is 6.04. The van der Waals surface area contributed by atoms with Crippen molar-refractivity contribution in [2.75, 3.05) is 58.3 Å². The van der Waals surface area contributed by atoms with Gasteiger partial charge in [0, 0.05) is 81.5 Å². The zero-order valence-electron chi connectivity index (χ0n) is 27.7. The number of nitrogens with zero attached hydrogens (tertiary/aromatic N) is 4. The molecule has 1 N–H and O–H groups in total. The number of amides is 3. The molecule has 3 amide bonds. The summed E-state index contributed by atoms with van der Waals surface area (Å²) in [7, 11) is 3.21. The normalized spacial score (nSPS) is 15.8. The van der Waals surface area contributed by atoms with E-state index in [-0.39, 0.29) is 52.7 Å². The number of nitrogens with one attached hydrogen (secondary N) is 1. The summed E-state index contributed by atoms with van der Waals surface area (Å²) in [6.45, 7) is 11.8. The van der Waals surface area contributed by atoms with Crippen molar-refractivity contribution in [3.63, 3.8) is 0 Å². The van der Waals surface area contributed by atoms with Gasteiger partial charge in [-0.15, -0.1) is 0 Å². The minimum absolute atomic E-state index is 0.0142. The Kier molecular flexibility index (Phi) is 9.15. The van der Waals surface area contributed by atoms with E-state index in [2.05, 4.69) is 4.98 Å². The molecule has 2 aliphatic rings. The summed E-state index contributed by atoms with van der Waals surface area (Å²) in [6.07, 6.45) is 2.12. The predicted molar refractivity (Wildman–Crippen MR) is 176 cm³/mol. The Morgan fingerprint density at radius 2 is 1.61 bits per heavy atom. The van der Waals surface area contributed by atoms with Crippen LogP contribution in [0.1, 0.15) is 57.1 Å². The van der Waals surface area contributed by atoms with Crippen LogP contribution < -0.4 is 4.90 Å². The van der Waals surface area contributed by atoms with Crippen LogP contribution in [0.3, 0.4) is 0 Å². The van der Waals surface area contributed by atoms with E-state index in [1.165, 1.54) is 11.0 Å². The highest BCUT2D eigenvalue weighted by Crippen LogP contribution is 2.39. The van der Waals surface area contributed by atoms with Crippen LogP contribution in [0.2, 0.25) is 0 Å². The molecule has 2 aromatic carbocycles. The Hall–Kier alpha value is -4.41. The zero-order chi connectivity index (χ0) is 33.5. The van der Waals surface area contributed by atoms with Gasteiger partial charge in [0.05, 0.1) is 5.52 Å². The molecule has 0 saturated carbocycles. The fourth-order valence-corrected chi connectivity index (χ4v) is 5.96. The van der Waals surface area contributed by atoms with Crippen molar-refractivity contribution in [1.29, 1.82) is 0 Å². The summed E-state index contributed by atoms with van der Waals surface area (Å²) in [5.74, 6) is -1.60. The lowest BCUT2D eigenvalue weighted by molar-refractivity contribution is -0.133. The van der Waals surface area contributed by atoms with Crippen LogP contribution in [-0.2, 0) is 9.53 Å². The summed E-state index contributed by atoms with van der Waals surface area (Å²) in [4.78, 5) is 47.9. The number of aromatic nitrogens is 1. The molecule has 5 rings (SSSR count). The second-order valence-corrected chi connectivity index (χ2v) is 13.5.